The lowest BCUT2D eigenvalue weighted by Gasteiger charge is -2.10. The number of fused-ring (bicyclic) bond motifs is 1. The summed E-state index contributed by atoms with van der Waals surface area (Å²) in [4.78, 5) is 19.1. The van der Waals surface area contributed by atoms with Crippen molar-refractivity contribution in [1.29, 1.82) is 0 Å². The van der Waals surface area contributed by atoms with Gasteiger partial charge < -0.3 is 0 Å². The van der Waals surface area contributed by atoms with Gasteiger partial charge in [0.05, 0.1) is 27.2 Å². The van der Waals surface area contributed by atoms with E-state index < -0.39 is 17.6 Å². The largest absolute Gasteiger partial charge is 0.417 e. The Hall–Kier alpha value is -2.69. The molecular weight excluding hydrogens is 475 g/mol. The maximum absolute atomic E-state index is 13.8. The Bertz CT molecular complexity index is 1290. The molecule has 4 aromatic rings. The fourth-order valence-corrected chi connectivity index (χ4v) is 5.33. The molecule has 0 aliphatic carbocycles. The molecule has 10 heteroatoms. The first-order valence-corrected chi connectivity index (χ1v) is 12.2. The molecule has 0 radical (unpaired) electrons. The Morgan fingerprint density at radius 3 is 2.59 bits per heavy atom. The quantitative estimate of drug-likeness (QED) is 0.189. The number of nitrogens with zero attached hydrogens (tertiary/aromatic N) is 2. The van der Waals surface area contributed by atoms with E-state index in [1.165, 1.54) is 24.5 Å². The van der Waals surface area contributed by atoms with Gasteiger partial charge in [-0.15, -0.1) is 34.4 Å². The number of carbonyl (C=O) groups excluding carboxylic acids is 1. The fourth-order valence-electron chi connectivity index (χ4n) is 3.14. The average Bonchev–Trinajstić information content (AvgIpc) is 3.41. The first-order chi connectivity index (χ1) is 15.3. The number of alkyl halides is 3. The zero-order chi connectivity index (χ0) is 22.9. The molecule has 0 aliphatic rings. The highest BCUT2D eigenvalue weighted by molar-refractivity contribution is 7.98. The smallest absolute Gasteiger partial charge is 0.266 e. The van der Waals surface area contributed by atoms with Crippen LogP contribution >= 0.6 is 34.4 Å². The normalized spacial score (nSPS) is 12.0. The van der Waals surface area contributed by atoms with Gasteiger partial charge in [-0.2, -0.15) is 18.3 Å². The molecule has 4 rings (SSSR count). The van der Waals surface area contributed by atoms with Gasteiger partial charge in [0.1, 0.15) is 4.83 Å². The first kappa shape index (κ1) is 22.5. The molecule has 0 bridgehead atoms. The number of hydrazone groups is 1. The van der Waals surface area contributed by atoms with Gasteiger partial charge in [-0.3, -0.25) is 4.79 Å². The van der Waals surface area contributed by atoms with Crippen molar-refractivity contribution < 1.29 is 18.0 Å². The molecule has 0 saturated heterocycles. The summed E-state index contributed by atoms with van der Waals surface area (Å²) in [7, 11) is 0. The van der Waals surface area contributed by atoms with Crippen LogP contribution in [0.4, 0.5) is 13.2 Å². The van der Waals surface area contributed by atoms with E-state index in [1.54, 1.807) is 29.3 Å². The second kappa shape index (κ2) is 9.05. The minimum Gasteiger partial charge on any atom is -0.266 e. The van der Waals surface area contributed by atoms with Crippen LogP contribution in [0.1, 0.15) is 26.4 Å². The van der Waals surface area contributed by atoms with Crippen molar-refractivity contribution in [3.63, 3.8) is 0 Å². The Morgan fingerprint density at radius 1 is 1.22 bits per heavy atom. The number of thiophene rings is 2. The molecule has 1 aromatic carbocycles. The number of pyridine rings is 1. The summed E-state index contributed by atoms with van der Waals surface area (Å²) in [5.74, 6) is -0.576. The third-order valence-corrected chi connectivity index (χ3v) is 7.50. The molecule has 1 amide bonds. The maximum Gasteiger partial charge on any atom is 0.417 e. The summed E-state index contributed by atoms with van der Waals surface area (Å²) >= 11 is 3.85. The van der Waals surface area contributed by atoms with Gasteiger partial charge in [-0.1, -0.05) is 18.2 Å². The highest BCUT2D eigenvalue weighted by Crippen LogP contribution is 2.42. The lowest BCUT2D eigenvalue weighted by atomic mass is 10.1. The van der Waals surface area contributed by atoms with Gasteiger partial charge in [-0.25, -0.2) is 10.4 Å². The van der Waals surface area contributed by atoms with Crippen molar-refractivity contribution in [2.75, 3.05) is 6.26 Å². The van der Waals surface area contributed by atoms with Crippen molar-refractivity contribution in [2.45, 2.75) is 18.0 Å². The SMILES string of the molecule is CSc1ccc(C=NNC(=O)c2sc3nc(-c4cccs4)cc(C(F)(F)F)c3c2C)cc1. The molecular formula is C22H16F3N3OS3. The predicted molar refractivity (Wildman–Crippen MR) is 126 cm³/mol. The molecule has 0 spiro atoms. The highest BCUT2D eigenvalue weighted by atomic mass is 32.2. The van der Waals surface area contributed by atoms with Gasteiger partial charge >= 0.3 is 6.18 Å². The summed E-state index contributed by atoms with van der Waals surface area (Å²) in [6, 6.07) is 12.1. The minimum absolute atomic E-state index is 0.0513. The minimum atomic E-state index is -4.58. The second-order valence-electron chi connectivity index (χ2n) is 6.74. The molecule has 0 atom stereocenters. The Morgan fingerprint density at radius 2 is 1.97 bits per heavy atom. The molecule has 0 aliphatic heterocycles. The van der Waals surface area contributed by atoms with Crippen LogP contribution in [0, 0.1) is 6.92 Å². The zero-order valence-electron chi connectivity index (χ0n) is 16.9. The summed E-state index contributed by atoms with van der Waals surface area (Å²) in [5, 5.41) is 5.67. The fraction of sp³-hybridized carbons (Fsp3) is 0.136. The maximum atomic E-state index is 13.8. The van der Waals surface area contributed by atoms with Crippen LogP contribution in [0.25, 0.3) is 20.8 Å². The van der Waals surface area contributed by atoms with Crippen LogP contribution < -0.4 is 5.43 Å². The van der Waals surface area contributed by atoms with E-state index in [-0.39, 0.29) is 26.4 Å². The van der Waals surface area contributed by atoms with E-state index in [9.17, 15) is 18.0 Å². The van der Waals surface area contributed by atoms with E-state index in [2.05, 4.69) is 15.5 Å². The van der Waals surface area contributed by atoms with E-state index in [0.29, 0.717) is 4.88 Å². The standard InChI is InChI=1S/C22H16F3N3OS3/c1-12-18-15(22(23,24)25)10-16(17-4-3-9-31-17)27-21(18)32-19(12)20(29)28-26-11-13-5-7-14(30-2)8-6-13/h3-11H,1-2H3,(H,28,29). The molecule has 0 fully saturated rings. The Kier molecular flexibility index (Phi) is 6.36. The predicted octanol–water partition coefficient (Wildman–Crippen LogP) is 6.84. The third-order valence-electron chi connectivity index (χ3n) is 4.68. The number of thioether (sulfide) groups is 1. The van der Waals surface area contributed by atoms with Crippen molar-refractivity contribution in [1.82, 2.24) is 10.4 Å². The van der Waals surface area contributed by atoms with Crippen molar-refractivity contribution in [3.05, 3.63) is 69.4 Å². The first-order valence-electron chi connectivity index (χ1n) is 9.30. The van der Waals surface area contributed by atoms with E-state index in [1.807, 2.05) is 30.5 Å². The van der Waals surface area contributed by atoms with Crippen LogP contribution in [0.5, 0.6) is 0 Å². The van der Waals surface area contributed by atoms with Crippen LogP contribution in [-0.2, 0) is 6.18 Å². The van der Waals surface area contributed by atoms with Gasteiger partial charge in [0.25, 0.3) is 5.91 Å². The zero-order valence-corrected chi connectivity index (χ0v) is 19.3. The van der Waals surface area contributed by atoms with Gasteiger partial charge in [0, 0.05) is 10.3 Å². The molecule has 3 heterocycles. The molecule has 0 saturated carbocycles. The van der Waals surface area contributed by atoms with Crippen LogP contribution in [-0.4, -0.2) is 23.4 Å². The molecule has 164 valence electrons. The number of halogens is 3. The summed E-state index contributed by atoms with van der Waals surface area (Å²) < 4.78 is 41.5. The van der Waals surface area contributed by atoms with Gasteiger partial charge in [0.15, 0.2) is 0 Å². The summed E-state index contributed by atoms with van der Waals surface area (Å²) in [5.41, 5.74) is 2.87. The number of nitrogens with one attached hydrogen (secondary N) is 1. The molecule has 32 heavy (non-hydrogen) atoms. The third kappa shape index (κ3) is 4.57. The number of hydrogen-bond donors (Lipinski definition) is 1. The van der Waals surface area contributed by atoms with Crippen LogP contribution in [0.3, 0.4) is 0 Å². The number of aromatic nitrogens is 1. The molecule has 1 N–H and O–H groups in total. The second-order valence-corrected chi connectivity index (χ2v) is 9.57. The number of rotatable bonds is 5. The van der Waals surface area contributed by atoms with Gasteiger partial charge in [0.2, 0.25) is 0 Å². The average molecular weight is 492 g/mol. The topological polar surface area (TPSA) is 54.4 Å². The lowest BCUT2D eigenvalue weighted by molar-refractivity contribution is -0.136. The van der Waals surface area contributed by atoms with Crippen LogP contribution in [0.15, 0.2) is 57.8 Å². The molecule has 3 aromatic heterocycles. The summed E-state index contributed by atoms with van der Waals surface area (Å²) in [6.45, 7) is 1.50. The number of hydrogen-bond acceptors (Lipinski definition) is 6. The van der Waals surface area contributed by atoms with Crippen molar-refractivity contribution in [2.24, 2.45) is 5.10 Å². The summed E-state index contributed by atoms with van der Waals surface area (Å²) in [6.07, 6.45) is -1.12. The van der Waals surface area contributed by atoms with E-state index >= 15 is 0 Å². The highest BCUT2D eigenvalue weighted by Gasteiger charge is 2.36. The number of carbonyl (C=O) groups is 1. The van der Waals surface area contributed by atoms with Crippen LogP contribution in [0.2, 0.25) is 0 Å². The van der Waals surface area contributed by atoms with E-state index in [0.717, 1.165) is 27.9 Å². The van der Waals surface area contributed by atoms with Crippen molar-refractivity contribution >= 4 is 56.8 Å². The Labute approximate surface area is 194 Å². The van der Waals surface area contributed by atoms with E-state index in [4.69, 9.17) is 0 Å². The Balaban J connectivity index is 1.67. The van der Waals surface area contributed by atoms with Crippen molar-refractivity contribution in [3.8, 4) is 10.6 Å². The number of benzene rings is 1. The molecule has 0 unspecified atom stereocenters. The van der Waals surface area contributed by atoms with Gasteiger partial charge in [-0.05, 0) is 54.0 Å². The number of aryl methyl sites for hydroxylation is 1. The number of amides is 1. The molecule has 4 nitrogen and oxygen atoms in total. The lowest BCUT2D eigenvalue weighted by Crippen LogP contribution is -2.17. The monoisotopic (exact) mass is 491 g/mol.